The van der Waals surface area contributed by atoms with Gasteiger partial charge in [-0.1, -0.05) is 0 Å². The van der Waals surface area contributed by atoms with Crippen LogP contribution in [0.15, 0.2) is 16.7 Å². The Hall–Kier alpha value is -1.30. The third-order valence-corrected chi connectivity index (χ3v) is 3.04. The minimum Gasteiger partial charge on any atom is -0.397 e. The van der Waals surface area contributed by atoms with Crippen molar-refractivity contribution in [1.82, 2.24) is 10.3 Å². The van der Waals surface area contributed by atoms with Crippen LogP contribution in [0.25, 0.3) is 0 Å². The number of nitrogens with two attached hydrogens (primary N) is 1. The summed E-state index contributed by atoms with van der Waals surface area (Å²) >= 11 is 3.43. The first-order valence-corrected chi connectivity index (χ1v) is 5.89. The second kappa shape index (κ2) is 4.69. The van der Waals surface area contributed by atoms with Gasteiger partial charge in [0.05, 0.1) is 16.4 Å². The van der Waals surface area contributed by atoms with E-state index in [1.807, 2.05) is 6.07 Å². The van der Waals surface area contributed by atoms with Crippen LogP contribution in [0.3, 0.4) is 0 Å². The zero-order valence-corrected chi connectivity index (χ0v) is 10.3. The van der Waals surface area contributed by atoms with Gasteiger partial charge < -0.3 is 16.0 Å². The molecule has 2 rings (SSSR count). The van der Waals surface area contributed by atoms with E-state index in [0.29, 0.717) is 25.2 Å². The summed E-state index contributed by atoms with van der Waals surface area (Å²) in [5.41, 5.74) is 6.26. The maximum Gasteiger partial charge on any atom is 0.221 e. The summed E-state index contributed by atoms with van der Waals surface area (Å²) in [6.07, 6.45) is 2.12. The van der Waals surface area contributed by atoms with E-state index < -0.39 is 0 Å². The van der Waals surface area contributed by atoms with Gasteiger partial charge in [0, 0.05) is 26.1 Å². The summed E-state index contributed by atoms with van der Waals surface area (Å²) in [7, 11) is 0. The first-order chi connectivity index (χ1) is 7.66. The van der Waals surface area contributed by atoms with Crippen molar-refractivity contribution < 1.29 is 4.79 Å². The van der Waals surface area contributed by atoms with Gasteiger partial charge in [-0.15, -0.1) is 0 Å². The molecule has 1 aromatic heterocycles. The Labute approximate surface area is 102 Å². The molecule has 0 bridgehead atoms. The number of carbonyl (C=O) groups is 1. The van der Waals surface area contributed by atoms with Crippen LogP contribution in [0.5, 0.6) is 0 Å². The molecular weight excluding hydrogens is 272 g/mol. The number of halogens is 1. The lowest BCUT2D eigenvalue weighted by molar-refractivity contribution is -0.120. The third kappa shape index (κ3) is 2.44. The van der Waals surface area contributed by atoms with Crippen molar-refractivity contribution in [2.75, 3.05) is 30.3 Å². The van der Waals surface area contributed by atoms with Crippen molar-refractivity contribution in [2.45, 2.75) is 6.42 Å². The Balaban J connectivity index is 2.19. The molecule has 0 radical (unpaired) electrons. The smallest absolute Gasteiger partial charge is 0.221 e. The number of rotatable bonds is 1. The molecule has 0 aromatic carbocycles. The normalized spacial score (nSPS) is 16.8. The van der Waals surface area contributed by atoms with Crippen molar-refractivity contribution in [3.8, 4) is 0 Å². The molecule has 1 saturated heterocycles. The molecule has 0 spiro atoms. The number of hydrogen-bond donors (Lipinski definition) is 2. The average Bonchev–Trinajstić information content (AvgIpc) is 2.43. The summed E-state index contributed by atoms with van der Waals surface area (Å²) in [6.45, 7) is 2.10. The Bertz CT molecular complexity index is 410. The van der Waals surface area contributed by atoms with Crippen LogP contribution in [0.4, 0.5) is 11.5 Å². The molecule has 0 unspecified atom stereocenters. The Morgan fingerprint density at radius 1 is 1.50 bits per heavy atom. The summed E-state index contributed by atoms with van der Waals surface area (Å²) in [5, 5.41) is 2.83. The Morgan fingerprint density at radius 2 is 2.31 bits per heavy atom. The van der Waals surface area contributed by atoms with Crippen LogP contribution in [-0.4, -0.2) is 30.5 Å². The first-order valence-electron chi connectivity index (χ1n) is 5.09. The van der Waals surface area contributed by atoms with Crippen molar-refractivity contribution in [3.05, 3.63) is 16.7 Å². The molecule has 0 saturated carbocycles. The van der Waals surface area contributed by atoms with E-state index in [2.05, 4.69) is 31.1 Å². The van der Waals surface area contributed by atoms with Crippen LogP contribution in [-0.2, 0) is 4.79 Å². The lowest BCUT2D eigenvalue weighted by Gasteiger charge is -2.21. The second-order valence-corrected chi connectivity index (χ2v) is 4.52. The van der Waals surface area contributed by atoms with Crippen LogP contribution in [0.1, 0.15) is 6.42 Å². The predicted octanol–water partition coefficient (Wildman–Crippen LogP) is 0.753. The number of pyridine rings is 1. The topological polar surface area (TPSA) is 71.2 Å². The van der Waals surface area contributed by atoms with Crippen LogP contribution < -0.4 is 16.0 Å². The Kier molecular flexibility index (Phi) is 3.28. The highest BCUT2D eigenvalue weighted by Crippen LogP contribution is 2.25. The molecule has 0 aliphatic carbocycles. The van der Waals surface area contributed by atoms with E-state index in [-0.39, 0.29) is 5.91 Å². The minimum atomic E-state index is 0.0917. The number of nitrogens with zero attached hydrogens (tertiary/aromatic N) is 2. The van der Waals surface area contributed by atoms with E-state index in [0.717, 1.165) is 16.8 Å². The number of nitrogen functional groups attached to an aromatic ring is 1. The van der Waals surface area contributed by atoms with Gasteiger partial charge >= 0.3 is 0 Å². The quantitative estimate of drug-likeness (QED) is 0.799. The summed E-state index contributed by atoms with van der Waals surface area (Å²) < 4.78 is 0.863. The molecule has 86 valence electrons. The molecule has 6 heteroatoms. The third-order valence-electron chi connectivity index (χ3n) is 2.46. The summed E-state index contributed by atoms with van der Waals surface area (Å²) in [5.74, 6) is 0.930. The molecule has 16 heavy (non-hydrogen) atoms. The van der Waals surface area contributed by atoms with Gasteiger partial charge in [-0.25, -0.2) is 4.98 Å². The van der Waals surface area contributed by atoms with Gasteiger partial charge in [0.25, 0.3) is 0 Å². The lowest BCUT2D eigenvalue weighted by Crippen LogP contribution is -2.29. The highest BCUT2D eigenvalue weighted by Gasteiger charge is 2.16. The lowest BCUT2D eigenvalue weighted by atomic mass is 10.3. The van der Waals surface area contributed by atoms with Crippen molar-refractivity contribution in [3.63, 3.8) is 0 Å². The molecule has 2 heterocycles. The number of carbonyl (C=O) groups excluding carboxylic acids is 1. The number of aromatic nitrogens is 1. The maximum atomic E-state index is 11.2. The van der Waals surface area contributed by atoms with E-state index in [1.165, 1.54) is 0 Å². The van der Waals surface area contributed by atoms with E-state index in [4.69, 9.17) is 5.73 Å². The maximum absolute atomic E-state index is 11.2. The summed E-state index contributed by atoms with van der Waals surface area (Å²) in [4.78, 5) is 17.6. The van der Waals surface area contributed by atoms with Gasteiger partial charge in [-0.2, -0.15) is 0 Å². The van der Waals surface area contributed by atoms with Crippen molar-refractivity contribution in [1.29, 1.82) is 0 Å². The molecule has 0 atom stereocenters. The Morgan fingerprint density at radius 3 is 3.06 bits per heavy atom. The fourth-order valence-electron chi connectivity index (χ4n) is 1.66. The van der Waals surface area contributed by atoms with Crippen LogP contribution in [0, 0.1) is 0 Å². The standard InChI is InChI=1S/C10H13BrN4O/c11-8-5-7(12)6-14-10(8)15-3-1-9(16)13-2-4-15/h5-6H,1-4,12H2,(H,13,16). The van der Waals surface area contributed by atoms with E-state index >= 15 is 0 Å². The van der Waals surface area contributed by atoms with E-state index in [1.54, 1.807) is 6.20 Å². The molecule has 1 aliphatic heterocycles. The highest BCUT2D eigenvalue weighted by molar-refractivity contribution is 9.10. The second-order valence-electron chi connectivity index (χ2n) is 3.66. The van der Waals surface area contributed by atoms with Gasteiger partial charge in [0.1, 0.15) is 5.82 Å². The summed E-state index contributed by atoms with van der Waals surface area (Å²) in [6, 6.07) is 1.82. The molecule has 1 aliphatic rings. The molecule has 1 fully saturated rings. The number of amides is 1. The zero-order valence-electron chi connectivity index (χ0n) is 8.74. The van der Waals surface area contributed by atoms with Gasteiger partial charge in [0.2, 0.25) is 5.91 Å². The predicted molar refractivity (Wildman–Crippen MR) is 66.2 cm³/mol. The van der Waals surface area contributed by atoms with Gasteiger partial charge in [-0.3, -0.25) is 4.79 Å². The molecule has 3 N–H and O–H groups in total. The number of anilines is 2. The SMILES string of the molecule is Nc1cnc(N2CCNC(=O)CC2)c(Br)c1. The van der Waals surface area contributed by atoms with Crippen LogP contribution in [0.2, 0.25) is 0 Å². The highest BCUT2D eigenvalue weighted by atomic mass is 79.9. The first kappa shape index (κ1) is 11.2. The molecule has 1 amide bonds. The molecular formula is C10H13BrN4O. The molecule has 5 nitrogen and oxygen atoms in total. The van der Waals surface area contributed by atoms with E-state index in [9.17, 15) is 4.79 Å². The zero-order chi connectivity index (χ0) is 11.5. The van der Waals surface area contributed by atoms with Gasteiger partial charge in [-0.05, 0) is 22.0 Å². The fourth-order valence-corrected chi connectivity index (χ4v) is 2.27. The number of nitrogens with one attached hydrogen (secondary N) is 1. The van der Waals surface area contributed by atoms with Crippen molar-refractivity contribution in [2.24, 2.45) is 0 Å². The van der Waals surface area contributed by atoms with Gasteiger partial charge in [0.15, 0.2) is 0 Å². The average molecular weight is 285 g/mol. The van der Waals surface area contributed by atoms with Crippen molar-refractivity contribution >= 4 is 33.3 Å². The largest absolute Gasteiger partial charge is 0.397 e. The monoisotopic (exact) mass is 284 g/mol. The fraction of sp³-hybridized carbons (Fsp3) is 0.400. The number of hydrogen-bond acceptors (Lipinski definition) is 4. The molecule has 1 aromatic rings. The minimum absolute atomic E-state index is 0.0917. The van der Waals surface area contributed by atoms with Crippen LogP contribution >= 0.6 is 15.9 Å².